The summed E-state index contributed by atoms with van der Waals surface area (Å²) in [4.78, 5) is 0. The molecule has 4 heteroatoms. The Bertz CT molecular complexity index is 143. The maximum absolute atomic E-state index is 4.76. The predicted octanol–water partition coefficient (Wildman–Crippen LogP) is 3.43. The Hall–Kier alpha value is 0.470. The second-order valence-electron chi connectivity index (χ2n) is 5.75. The number of alkyl halides is 2. The van der Waals surface area contributed by atoms with Crippen LogP contribution < -0.4 is 4.70 Å². The fraction of sp³-hybridized carbons (Fsp3) is 1.00. The van der Waals surface area contributed by atoms with Gasteiger partial charge in [0.1, 0.15) is 0 Å². The normalized spacial score (nSPS) is 10.6. The van der Waals surface area contributed by atoms with Crippen molar-refractivity contribution in [2.45, 2.75) is 79.1 Å². The van der Waals surface area contributed by atoms with Crippen molar-refractivity contribution < 1.29 is 9.19 Å². The number of quaternary nitrogens is 1. The fourth-order valence-electron chi connectivity index (χ4n) is 2.64. The molecule has 0 N–H and O–H groups in total. The van der Waals surface area contributed by atoms with Gasteiger partial charge in [-0.3, -0.25) is 0 Å². The molecule has 21 heavy (non-hydrogen) atoms. The maximum Gasteiger partial charge on any atom is 0.0967 e. The Morgan fingerprint density at radius 3 is 0.905 bits per heavy atom. The lowest BCUT2D eigenvalue weighted by atomic mass is 10.1. The second-order valence-corrected chi connectivity index (χ2v) is 6.56. The van der Waals surface area contributed by atoms with Crippen LogP contribution in [0.25, 0.3) is 0 Å². The zero-order valence-corrected chi connectivity index (χ0v) is 16.3. The lowest BCUT2D eigenvalue weighted by Crippen LogP contribution is -3.00. The number of nitrogens with zero attached hydrogens (tertiary/aromatic N) is 1. The van der Waals surface area contributed by atoms with Crippen LogP contribution in [0, 0.1) is 0 Å². The molecule has 0 aromatic carbocycles. The van der Waals surface area contributed by atoms with Crippen molar-refractivity contribution in [3.05, 3.63) is 0 Å². The third kappa shape index (κ3) is 16.7. The van der Waals surface area contributed by atoms with Crippen LogP contribution in [0.4, 0.5) is 0 Å². The number of hydrogen-bond acceptors (Lipinski definition) is 0. The average Bonchev–Trinajstić information content (AvgIpc) is 2.46. The van der Waals surface area contributed by atoms with Gasteiger partial charge in [0.15, 0.2) is 0 Å². The number of hydrogen-bond donors (Lipinski definition) is 0. The number of rotatable bonds is 12. The highest BCUT2D eigenvalue weighted by Gasteiger charge is 2.24. The van der Waals surface area contributed by atoms with Crippen LogP contribution in [0.1, 0.15) is 79.1 Å². The largest absolute Gasteiger partial charge is 1.00 e. The van der Waals surface area contributed by atoms with Crippen LogP contribution >= 0.6 is 23.2 Å². The Labute approximate surface area is 143 Å². The molecule has 1 nitrogen and oxygen atoms in total. The van der Waals surface area contributed by atoms with E-state index in [1.165, 1.54) is 82.0 Å². The van der Waals surface area contributed by atoms with Crippen LogP contribution in [-0.2, 0) is 0 Å². The Balaban J connectivity index is -0.000000740. The number of halogens is 3. The lowest BCUT2D eigenvalue weighted by molar-refractivity contribution is -0.929. The molecule has 0 unspecified atom stereocenters. The van der Waals surface area contributed by atoms with E-state index in [9.17, 15) is 0 Å². The third-order valence-corrected chi connectivity index (χ3v) is 3.94. The molecule has 0 fully saturated rings. The molecule has 0 aromatic rings. The summed E-state index contributed by atoms with van der Waals surface area (Å²) < 4.78 is 1.42. The Morgan fingerprint density at radius 2 is 0.762 bits per heavy atom. The van der Waals surface area contributed by atoms with Crippen LogP contribution in [0.5, 0.6) is 0 Å². The van der Waals surface area contributed by atoms with E-state index in [1.54, 1.807) is 0 Å². The summed E-state index contributed by atoms with van der Waals surface area (Å²) in [6.45, 7) is 15.0. The summed E-state index contributed by atoms with van der Waals surface area (Å²) >= 11 is 9.53. The van der Waals surface area contributed by atoms with Crippen LogP contribution in [0.2, 0.25) is 0 Å². The summed E-state index contributed by atoms with van der Waals surface area (Å²) in [6, 6.07) is 0. The monoisotopic (exact) mass is 345 g/mol. The van der Waals surface area contributed by atoms with E-state index in [2.05, 4.69) is 27.7 Å². The highest BCUT2D eigenvalue weighted by Crippen LogP contribution is 2.16. The van der Waals surface area contributed by atoms with Crippen molar-refractivity contribution in [2.24, 2.45) is 0 Å². The van der Waals surface area contributed by atoms with Gasteiger partial charge in [-0.05, 0) is 25.7 Å². The van der Waals surface area contributed by atoms with Gasteiger partial charge in [-0.2, -0.15) is 0 Å². The van der Waals surface area contributed by atoms with Gasteiger partial charge in [0.2, 0.25) is 0 Å². The summed E-state index contributed by atoms with van der Waals surface area (Å²) in [5.74, 6) is 0. The molecule has 0 saturated heterocycles. The van der Waals surface area contributed by atoms with Gasteiger partial charge in [0, 0.05) is 0 Å². The van der Waals surface area contributed by atoms with E-state index in [-0.39, 0.29) is 10.0 Å². The molecule has 0 amide bonds. The van der Waals surface area contributed by atoms with Crippen molar-refractivity contribution in [2.75, 3.05) is 31.5 Å². The zero-order valence-electron chi connectivity index (χ0n) is 14.8. The smallest absolute Gasteiger partial charge is 0.0967 e. The quantitative estimate of drug-likeness (QED) is 0.375. The minimum absolute atomic E-state index is 0. The van der Waals surface area contributed by atoms with Crippen LogP contribution in [0.3, 0.4) is 0 Å². The first-order chi connectivity index (χ1) is 9.66. The van der Waals surface area contributed by atoms with E-state index in [1.807, 2.05) is 0 Å². The minimum atomic E-state index is 0. The first-order valence-corrected chi connectivity index (χ1v) is 9.70. The lowest BCUT2D eigenvalue weighted by Gasteiger charge is -2.39. The molecule has 0 aliphatic carbocycles. The van der Waals surface area contributed by atoms with E-state index in [0.29, 0.717) is 0 Å². The Morgan fingerprint density at radius 1 is 0.571 bits per heavy atom. The molecule has 0 atom stereocenters. The molecule has 0 spiro atoms. The predicted molar refractivity (Wildman–Crippen MR) is 95.9 cm³/mol. The van der Waals surface area contributed by atoms with Crippen LogP contribution in [0.15, 0.2) is 0 Å². The van der Waals surface area contributed by atoms with E-state index < -0.39 is 0 Å². The van der Waals surface area contributed by atoms with E-state index in [4.69, 9.17) is 23.2 Å². The molecule has 0 saturated carbocycles. The molecule has 0 aromatic heterocycles. The zero-order chi connectivity index (χ0) is 15.7. The van der Waals surface area contributed by atoms with Gasteiger partial charge in [0.25, 0.3) is 0 Å². The van der Waals surface area contributed by atoms with Crippen molar-refractivity contribution in [1.82, 2.24) is 0 Å². The van der Waals surface area contributed by atoms with Crippen molar-refractivity contribution in [1.29, 1.82) is 0 Å². The van der Waals surface area contributed by atoms with Crippen LogP contribution in [-0.4, -0.2) is 36.0 Å². The van der Waals surface area contributed by atoms with Crippen molar-refractivity contribution >= 4 is 23.2 Å². The van der Waals surface area contributed by atoms with E-state index in [0.717, 1.165) is 0 Å². The van der Waals surface area contributed by atoms with Gasteiger partial charge in [0.05, 0.1) is 31.5 Å². The Kier molecular flexibility index (Phi) is 25.7. The summed E-state index contributed by atoms with van der Waals surface area (Å²) in [6.07, 6.45) is 11.1. The maximum atomic E-state index is 4.76. The standard InChI is InChI=1S/C16H36N.CH2Cl2.FH/c1-5-9-13-17(14-10-6-2,15-11-7-3)16-12-8-4;2-1-3;/h5-16H2,1-4H3;1H2;1H/q+1;;/p-1. The molecule has 0 rings (SSSR count). The highest BCUT2D eigenvalue weighted by molar-refractivity contribution is 6.40. The molecule has 0 radical (unpaired) electrons. The van der Waals surface area contributed by atoms with Gasteiger partial charge in [-0.15, -0.1) is 23.2 Å². The molecule has 0 bridgehead atoms. The SMILES string of the molecule is CCCC[N+](CCCC)(CCCC)CCCC.ClCCl.[F-]. The second kappa shape index (κ2) is 20.5. The van der Waals surface area contributed by atoms with E-state index >= 15 is 0 Å². The summed E-state index contributed by atoms with van der Waals surface area (Å²) in [7, 11) is 0. The molecular formula is C17H38Cl2FN. The van der Waals surface area contributed by atoms with Gasteiger partial charge in [-0.25, -0.2) is 0 Å². The van der Waals surface area contributed by atoms with Gasteiger partial charge in [-0.1, -0.05) is 53.4 Å². The molecular weight excluding hydrogens is 308 g/mol. The average molecular weight is 346 g/mol. The van der Waals surface area contributed by atoms with Gasteiger partial charge < -0.3 is 9.19 Å². The summed E-state index contributed by atoms with van der Waals surface area (Å²) in [5, 5.41) is 0.194. The molecule has 0 aliphatic rings. The fourth-order valence-corrected chi connectivity index (χ4v) is 2.64. The first-order valence-electron chi connectivity index (χ1n) is 8.63. The highest BCUT2D eigenvalue weighted by atomic mass is 35.5. The first kappa shape index (κ1) is 26.4. The third-order valence-electron chi connectivity index (χ3n) is 3.94. The topological polar surface area (TPSA) is 0 Å². The molecule has 0 aliphatic heterocycles. The van der Waals surface area contributed by atoms with Crippen molar-refractivity contribution in [3.63, 3.8) is 0 Å². The molecule has 0 heterocycles. The summed E-state index contributed by atoms with van der Waals surface area (Å²) in [5.41, 5.74) is 0. The van der Waals surface area contributed by atoms with Crippen molar-refractivity contribution in [3.8, 4) is 0 Å². The van der Waals surface area contributed by atoms with Gasteiger partial charge >= 0.3 is 0 Å². The molecule has 132 valence electrons. The minimum Gasteiger partial charge on any atom is -1.00 e. The number of unbranched alkanes of at least 4 members (excludes halogenated alkanes) is 4.